The molecule has 3 nitrogen and oxygen atoms in total. The maximum absolute atomic E-state index is 12.2. The van der Waals surface area contributed by atoms with Gasteiger partial charge in [-0.3, -0.25) is 9.78 Å². The van der Waals surface area contributed by atoms with Crippen LogP contribution in [0.15, 0.2) is 17.2 Å². The summed E-state index contributed by atoms with van der Waals surface area (Å²) in [5.74, 6) is 0. The molecule has 0 unspecified atom stereocenters. The van der Waals surface area contributed by atoms with Crippen LogP contribution in [-0.2, 0) is 11.0 Å². The number of rotatable bonds is 0. The highest BCUT2D eigenvalue weighted by Crippen LogP contribution is 2.17. The summed E-state index contributed by atoms with van der Waals surface area (Å²) in [6.45, 7) is 12.1. The SMILES string of the molecule is CC(C)(C)c1nccn(C(C)(C)C)c1=O. The van der Waals surface area contributed by atoms with Crippen molar-refractivity contribution in [3.63, 3.8) is 0 Å². The summed E-state index contributed by atoms with van der Waals surface area (Å²) in [4.78, 5) is 16.4. The number of nitrogens with zero attached hydrogens (tertiary/aromatic N) is 2. The second-order valence-corrected chi connectivity index (χ2v) is 5.87. The molecule has 0 aliphatic carbocycles. The first kappa shape index (κ1) is 12.0. The monoisotopic (exact) mass is 208 g/mol. The van der Waals surface area contributed by atoms with E-state index in [-0.39, 0.29) is 16.5 Å². The first-order valence-corrected chi connectivity index (χ1v) is 5.22. The normalized spacial score (nSPS) is 12.9. The fraction of sp³-hybridized carbons (Fsp3) is 0.667. The van der Waals surface area contributed by atoms with Gasteiger partial charge >= 0.3 is 0 Å². The summed E-state index contributed by atoms with van der Waals surface area (Å²) in [5, 5.41) is 0. The molecule has 1 rings (SSSR count). The van der Waals surface area contributed by atoms with Crippen molar-refractivity contribution in [3.05, 3.63) is 28.4 Å². The first-order chi connectivity index (χ1) is 6.64. The molecule has 0 bridgehead atoms. The lowest BCUT2D eigenvalue weighted by Crippen LogP contribution is -2.38. The van der Waals surface area contributed by atoms with Crippen molar-refractivity contribution in [3.8, 4) is 0 Å². The van der Waals surface area contributed by atoms with Gasteiger partial charge in [-0.1, -0.05) is 20.8 Å². The van der Waals surface area contributed by atoms with Gasteiger partial charge in [0, 0.05) is 23.3 Å². The molecule has 0 spiro atoms. The second-order valence-electron chi connectivity index (χ2n) is 5.87. The van der Waals surface area contributed by atoms with E-state index in [9.17, 15) is 4.79 Å². The summed E-state index contributed by atoms with van der Waals surface area (Å²) < 4.78 is 1.74. The topological polar surface area (TPSA) is 34.9 Å². The molecule has 1 heterocycles. The highest BCUT2D eigenvalue weighted by Gasteiger charge is 2.23. The number of hydrogen-bond donors (Lipinski definition) is 0. The second kappa shape index (κ2) is 3.47. The quantitative estimate of drug-likeness (QED) is 0.655. The third-order valence-electron chi connectivity index (χ3n) is 2.27. The Morgan fingerprint density at radius 2 is 1.67 bits per heavy atom. The summed E-state index contributed by atoms with van der Waals surface area (Å²) in [6, 6.07) is 0. The van der Waals surface area contributed by atoms with Crippen molar-refractivity contribution in [2.24, 2.45) is 0 Å². The number of hydrogen-bond acceptors (Lipinski definition) is 2. The predicted octanol–water partition coefficient (Wildman–Crippen LogP) is 2.30. The smallest absolute Gasteiger partial charge is 0.273 e. The standard InChI is InChI=1S/C12H20N2O/c1-11(2,3)9-10(15)14(8-7-13-9)12(4,5)6/h7-8H,1-6H3. The van der Waals surface area contributed by atoms with Crippen LogP contribution in [0.25, 0.3) is 0 Å². The zero-order valence-corrected chi connectivity index (χ0v) is 10.5. The van der Waals surface area contributed by atoms with Crippen LogP contribution in [0.3, 0.4) is 0 Å². The molecule has 0 fully saturated rings. The molecule has 3 heteroatoms. The Morgan fingerprint density at radius 3 is 2.07 bits per heavy atom. The molecule has 1 aromatic rings. The Bertz CT molecular complexity index is 370. The van der Waals surface area contributed by atoms with Crippen LogP contribution in [0.1, 0.15) is 47.2 Å². The van der Waals surface area contributed by atoms with Gasteiger partial charge in [-0.25, -0.2) is 0 Å². The highest BCUT2D eigenvalue weighted by atomic mass is 16.1. The van der Waals surface area contributed by atoms with Gasteiger partial charge in [-0.15, -0.1) is 0 Å². The zero-order valence-electron chi connectivity index (χ0n) is 10.5. The van der Waals surface area contributed by atoms with Gasteiger partial charge in [0.25, 0.3) is 5.56 Å². The average Bonchev–Trinajstić information content (AvgIpc) is 1.99. The van der Waals surface area contributed by atoms with Crippen molar-refractivity contribution in [1.82, 2.24) is 9.55 Å². The molecular weight excluding hydrogens is 188 g/mol. The van der Waals surface area contributed by atoms with Crippen LogP contribution in [0.4, 0.5) is 0 Å². The van der Waals surface area contributed by atoms with Crippen molar-refractivity contribution < 1.29 is 0 Å². The largest absolute Gasteiger partial charge is 0.307 e. The van der Waals surface area contributed by atoms with E-state index < -0.39 is 0 Å². The molecule has 84 valence electrons. The van der Waals surface area contributed by atoms with Gasteiger partial charge in [0.2, 0.25) is 0 Å². The zero-order chi connectivity index (χ0) is 11.9. The number of aromatic nitrogens is 2. The maximum atomic E-state index is 12.2. The van der Waals surface area contributed by atoms with E-state index in [1.54, 1.807) is 17.0 Å². The highest BCUT2D eigenvalue weighted by molar-refractivity contribution is 5.10. The maximum Gasteiger partial charge on any atom is 0.273 e. The van der Waals surface area contributed by atoms with E-state index in [2.05, 4.69) is 4.98 Å². The van der Waals surface area contributed by atoms with Crippen molar-refractivity contribution in [1.29, 1.82) is 0 Å². The van der Waals surface area contributed by atoms with Gasteiger partial charge < -0.3 is 4.57 Å². The van der Waals surface area contributed by atoms with Gasteiger partial charge in [-0.2, -0.15) is 0 Å². The molecule has 0 aliphatic rings. The van der Waals surface area contributed by atoms with E-state index in [4.69, 9.17) is 0 Å². The molecule has 1 aromatic heterocycles. The molecule has 0 saturated carbocycles. The lowest BCUT2D eigenvalue weighted by atomic mass is 9.92. The molecule has 15 heavy (non-hydrogen) atoms. The fourth-order valence-corrected chi connectivity index (χ4v) is 1.45. The van der Waals surface area contributed by atoms with E-state index in [1.807, 2.05) is 41.5 Å². The van der Waals surface area contributed by atoms with Crippen LogP contribution in [0.5, 0.6) is 0 Å². The van der Waals surface area contributed by atoms with Crippen LogP contribution in [0, 0.1) is 0 Å². The third kappa shape index (κ3) is 2.46. The van der Waals surface area contributed by atoms with Crippen LogP contribution in [-0.4, -0.2) is 9.55 Å². The molecule has 0 atom stereocenters. The van der Waals surface area contributed by atoms with Crippen molar-refractivity contribution in [2.45, 2.75) is 52.5 Å². The van der Waals surface area contributed by atoms with E-state index >= 15 is 0 Å². The van der Waals surface area contributed by atoms with Crippen LogP contribution >= 0.6 is 0 Å². The fourth-order valence-electron chi connectivity index (χ4n) is 1.45. The molecule has 0 saturated heterocycles. The average molecular weight is 208 g/mol. The first-order valence-electron chi connectivity index (χ1n) is 5.22. The van der Waals surface area contributed by atoms with Gasteiger partial charge in [0.1, 0.15) is 5.69 Å². The third-order valence-corrected chi connectivity index (χ3v) is 2.27. The Morgan fingerprint density at radius 1 is 1.13 bits per heavy atom. The van der Waals surface area contributed by atoms with Gasteiger partial charge in [0.05, 0.1) is 0 Å². The summed E-state index contributed by atoms with van der Waals surface area (Å²) in [7, 11) is 0. The van der Waals surface area contributed by atoms with E-state index in [0.717, 1.165) is 0 Å². The van der Waals surface area contributed by atoms with Crippen molar-refractivity contribution in [2.75, 3.05) is 0 Å². The molecule has 0 amide bonds. The molecular formula is C12H20N2O. The summed E-state index contributed by atoms with van der Waals surface area (Å²) in [6.07, 6.45) is 3.45. The van der Waals surface area contributed by atoms with Gasteiger partial charge in [0.15, 0.2) is 0 Å². The minimum absolute atomic E-state index is 0.0116. The van der Waals surface area contributed by atoms with Crippen LogP contribution in [0.2, 0.25) is 0 Å². The Balaban J connectivity index is 3.44. The predicted molar refractivity (Wildman–Crippen MR) is 62.2 cm³/mol. The van der Waals surface area contributed by atoms with Gasteiger partial charge in [-0.05, 0) is 20.8 Å². The molecule has 0 radical (unpaired) electrons. The summed E-state index contributed by atoms with van der Waals surface area (Å²) >= 11 is 0. The molecule has 0 N–H and O–H groups in total. The van der Waals surface area contributed by atoms with E-state index in [1.165, 1.54) is 0 Å². The molecule has 0 aliphatic heterocycles. The Kier molecular flexibility index (Phi) is 2.77. The molecule has 0 aromatic carbocycles. The summed E-state index contributed by atoms with van der Waals surface area (Å²) in [5.41, 5.74) is 0.239. The lowest BCUT2D eigenvalue weighted by Gasteiger charge is -2.25. The van der Waals surface area contributed by atoms with Crippen molar-refractivity contribution >= 4 is 0 Å². The minimum Gasteiger partial charge on any atom is -0.307 e. The van der Waals surface area contributed by atoms with Crippen LogP contribution < -0.4 is 5.56 Å². The lowest BCUT2D eigenvalue weighted by molar-refractivity contribution is 0.374. The Labute approximate surface area is 91.2 Å². The van der Waals surface area contributed by atoms with E-state index in [0.29, 0.717) is 5.69 Å². The Hall–Kier alpha value is -1.12. The minimum atomic E-state index is -0.203.